The van der Waals surface area contributed by atoms with Crippen molar-refractivity contribution < 1.29 is 4.79 Å². The molecule has 20 heavy (non-hydrogen) atoms. The lowest BCUT2D eigenvalue weighted by Gasteiger charge is -2.17. The molecule has 2 rings (SSSR count). The van der Waals surface area contributed by atoms with E-state index in [2.05, 4.69) is 35.1 Å². The summed E-state index contributed by atoms with van der Waals surface area (Å²) >= 11 is 1.76. The predicted octanol–water partition coefficient (Wildman–Crippen LogP) is 4.66. The van der Waals surface area contributed by atoms with Gasteiger partial charge in [-0.25, -0.2) is 0 Å². The summed E-state index contributed by atoms with van der Waals surface area (Å²) < 4.78 is 0. The summed E-state index contributed by atoms with van der Waals surface area (Å²) in [5.74, 6) is 0.0347. The van der Waals surface area contributed by atoms with Crippen LogP contribution in [0, 0.1) is 0 Å². The van der Waals surface area contributed by atoms with Crippen molar-refractivity contribution in [2.45, 2.75) is 32.7 Å². The van der Waals surface area contributed by atoms with E-state index in [-0.39, 0.29) is 5.91 Å². The van der Waals surface area contributed by atoms with E-state index in [1.165, 1.54) is 4.88 Å². The van der Waals surface area contributed by atoms with Crippen LogP contribution in [-0.4, -0.2) is 5.91 Å². The number of hydrogen-bond donors (Lipinski definition) is 2. The van der Waals surface area contributed by atoms with Gasteiger partial charge in [-0.05, 0) is 36.1 Å². The summed E-state index contributed by atoms with van der Waals surface area (Å²) in [6, 6.07) is 12.4. The van der Waals surface area contributed by atoms with Gasteiger partial charge in [-0.3, -0.25) is 4.79 Å². The number of carbonyl (C=O) groups is 1. The Kier molecular flexibility index (Phi) is 5.18. The highest BCUT2D eigenvalue weighted by Crippen LogP contribution is 2.27. The van der Waals surface area contributed by atoms with Crippen LogP contribution in [0.5, 0.6) is 0 Å². The van der Waals surface area contributed by atoms with E-state index in [1.807, 2.05) is 31.2 Å². The van der Waals surface area contributed by atoms with Crippen LogP contribution >= 0.6 is 11.3 Å². The highest BCUT2D eigenvalue weighted by atomic mass is 32.1. The quantitative estimate of drug-likeness (QED) is 0.811. The van der Waals surface area contributed by atoms with Crippen LogP contribution in [0.4, 0.5) is 11.4 Å². The molecule has 4 heteroatoms. The second-order valence-electron chi connectivity index (χ2n) is 4.60. The fourth-order valence-electron chi connectivity index (χ4n) is 2.00. The van der Waals surface area contributed by atoms with Gasteiger partial charge in [0.15, 0.2) is 0 Å². The van der Waals surface area contributed by atoms with Gasteiger partial charge in [0, 0.05) is 22.7 Å². The second kappa shape index (κ2) is 7.10. The van der Waals surface area contributed by atoms with Crippen molar-refractivity contribution in [3.05, 3.63) is 46.7 Å². The van der Waals surface area contributed by atoms with E-state index < -0.39 is 0 Å². The molecule has 1 aromatic heterocycles. The first-order valence-corrected chi connectivity index (χ1v) is 7.80. The van der Waals surface area contributed by atoms with E-state index in [1.54, 1.807) is 11.3 Å². The van der Waals surface area contributed by atoms with E-state index in [0.29, 0.717) is 12.5 Å². The van der Waals surface area contributed by atoms with E-state index in [9.17, 15) is 4.79 Å². The molecule has 0 spiro atoms. The van der Waals surface area contributed by atoms with Gasteiger partial charge in [-0.1, -0.05) is 26.0 Å². The number of hydrogen-bond acceptors (Lipinski definition) is 3. The fraction of sp³-hybridized carbons (Fsp3) is 0.312. The Balaban J connectivity index is 2.08. The number of benzene rings is 1. The third-order valence-electron chi connectivity index (χ3n) is 3.10. The Morgan fingerprint density at radius 3 is 2.65 bits per heavy atom. The zero-order valence-corrected chi connectivity index (χ0v) is 12.7. The summed E-state index contributed by atoms with van der Waals surface area (Å²) in [4.78, 5) is 12.8. The van der Waals surface area contributed by atoms with Gasteiger partial charge < -0.3 is 10.6 Å². The molecule has 0 aliphatic heterocycles. The minimum atomic E-state index is 0.0347. The van der Waals surface area contributed by atoms with E-state index in [0.717, 1.165) is 17.8 Å². The standard InChI is InChI=1S/C16H20N2OS/c1-3-14(15-9-6-10-20-15)17-12-7-5-8-13(11-12)18-16(19)4-2/h5-11,14,17H,3-4H2,1-2H3,(H,18,19). The lowest BCUT2D eigenvalue weighted by molar-refractivity contribution is -0.115. The van der Waals surface area contributed by atoms with Gasteiger partial charge in [0.05, 0.1) is 6.04 Å². The molecule has 0 radical (unpaired) electrons. The molecule has 0 saturated carbocycles. The molecule has 0 saturated heterocycles. The van der Waals surface area contributed by atoms with Crippen molar-refractivity contribution in [1.29, 1.82) is 0 Å². The van der Waals surface area contributed by atoms with Crippen molar-refractivity contribution in [2.24, 2.45) is 0 Å². The normalized spacial score (nSPS) is 11.9. The first kappa shape index (κ1) is 14.6. The topological polar surface area (TPSA) is 41.1 Å². The minimum absolute atomic E-state index is 0.0347. The number of amides is 1. The van der Waals surface area contributed by atoms with Crippen LogP contribution in [0.15, 0.2) is 41.8 Å². The van der Waals surface area contributed by atoms with Crippen LogP contribution in [0.3, 0.4) is 0 Å². The zero-order chi connectivity index (χ0) is 14.4. The van der Waals surface area contributed by atoms with Gasteiger partial charge in [-0.15, -0.1) is 11.3 Å². The first-order chi connectivity index (χ1) is 9.72. The molecule has 1 unspecified atom stereocenters. The third-order valence-corrected chi connectivity index (χ3v) is 4.09. The minimum Gasteiger partial charge on any atom is -0.377 e. The summed E-state index contributed by atoms with van der Waals surface area (Å²) in [6.45, 7) is 4.02. The van der Waals surface area contributed by atoms with Crippen molar-refractivity contribution >= 4 is 28.6 Å². The molecule has 2 aromatic rings. The second-order valence-corrected chi connectivity index (χ2v) is 5.58. The van der Waals surface area contributed by atoms with Crippen molar-refractivity contribution in [1.82, 2.24) is 0 Å². The number of anilines is 2. The largest absolute Gasteiger partial charge is 0.377 e. The van der Waals surface area contributed by atoms with Crippen molar-refractivity contribution in [2.75, 3.05) is 10.6 Å². The van der Waals surface area contributed by atoms with Crippen LogP contribution in [0.2, 0.25) is 0 Å². The maximum atomic E-state index is 11.4. The zero-order valence-electron chi connectivity index (χ0n) is 11.8. The molecule has 106 valence electrons. The van der Waals surface area contributed by atoms with Crippen molar-refractivity contribution in [3.63, 3.8) is 0 Å². The van der Waals surface area contributed by atoms with Gasteiger partial charge in [0.25, 0.3) is 0 Å². The predicted molar refractivity (Wildman–Crippen MR) is 86.3 cm³/mol. The number of thiophene rings is 1. The molecule has 1 amide bonds. The molecule has 0 aliphatic rings. The summed E-state index contributed by atoms with van der Waals surface area (Å²) in [7, 11) is 0. The number of nitrogens with one attached hydrogen (secondary N) is 2. The van der Waals surface area contributed by atoms with Gasteiger partial charge in [0.2, 0.25) is 5.91 Å². The fourth-order valence-corrected chi connectivity index (χ4v) is 2.86. The van der Waals surface area contributed by atoms with E-state index in [4.69, 9.17) is 0 Å². The van der Waals surface area contributed by atoms with Gasteiger partial charge in [0.1, 0.15) is 0 Å². The number of carbonyl (C=O) groups excluding carboxylic acids is 1. The summed E-state index contributed by atoms with van der Waals surface area (Å²) in [5.41, 5.74) is 1.86. The summed E-state index contributed by atoms with van der Waals surface area (Å²) in [6.07, 6.45) is 1.51. The SMILES string of the molecule is CCC(=O)Nc1cccc(NC(CC)c2cccs2)c1. The Hall–Kier alpha value is -1.81. The van der Waals surface area contributed by atoms with Crippen LogP contribution in [0.25, 0.3) is 0 Å². The molecule has 0 fully saturated rings. The molecular formula is C16H20N2OS. The van der Waals surface area contributed by atoms with Crippen molar-refractivity contribution in [3.8, 4) is 0 Å². The Morgan fingerprint density at radius 2 is 2.00 bits per heavy atom. The van der Waals surface area contributed by atoms with E-state index >= 15 is 0 Å². The molecule has 1 atom stereocenters. The lowest BCUT2D eigenvalue weighted by Crippen LogP contribution is -2.11. The van der Waals surface area contributed by atoms with Crippen LogP contribution < -0.4 is 10.6 Å². The average Bonchev–Trinajstić information content (AvgIpc) is 2.99. The maximum Gasteiger partial charge on any atom is 0.224 e. The third kappa shape index (κ3) is 3.84. The maximum absolute atomic E-state index is 11.4. The number of rotatable bonds is 6. The highest BCUT2D eigenvalue weighted by Gasteiger charge is 2.10. The monoisotopic (exact) mass is 288 g/mol. The smallest absolute Gasteiger partial charge is 0.224 e. The molecule has 1 aromatic carbocycles. The lowest BCUT2D eigenvalue weighted by atomic mass is 10.1. The van der Waals surface area contributed by atoms with Gasteiger partial charge >= 0.3 is 0 Å². The van der Waals surface area contributed by atoms with Crippen LogP contribution in [0.1, 0.15) is 37.6 Å². The molecular weight excluding hydrogens is 268 g/mol. The molecule has 0 bridgehead atoms. The Morgan fingerprint density at radius 1 is 1.20 bits per heavy atom. The summed E-state index contributed by atoms with van der Waals surface area (Å²) in [5, 5.41) is 8.50. The highest BCUT2D eigenvalue weighted by molar-refractivity contribution is 7.10. The Bertz CT molecular complexity index is 551. The first-order valence-electron chi connectivity index (χ1n) is 6.92. The molecule has 1 heterocycles. The average molecular weight is 288 g/mol. The molecule has 0 aliphatic carbocycles. The molecule has 2 N–H and O–H groups in total. The molecule has 3 nitrogen and oxygen atoms in total. The van der Waals surface area contributed by atoms with Gasteiger partial charge in [-0.2, -0.15) is 0 Å². The van der Waals surface area contributed by atoms with Crippen LogP contribution in [-0.2, 0) is 4.79 Å². The Labute approximate surface area is 124 Å².